The van der Waals surface area contributed by atoms with Crippen LogP contribution in [0.15, 0.2) is 30.3 Å². The highest BCUT2D eigenvalue weighted by Crippen LogP contribution is 2.27. The van der Waals surface area contributed by atoms with Crippen molar-refractivity contribution in [2.45, 2.75) is 32.2 Å². The monoisotopic (exact) mass is 366 g/mol. The van der Waals surface area contributed by atoms with Crippen LogP contribution in [0.1, 0.15) is 37.1 Å². The summed E-state index contributed by atoms with van der Waals surface area (Å²) in [7, 11) is -3.17. The molecule has 1 aromatic carbocycles. The van der Waals surface area contributed by atoms with Gasteiger partial charge in [-0.1, -0.05) is 30.3 Å². The standard InChI is InChI=1S/C16H22N4O2S2/c1-2-24(21,22)19-10-6-9-14(12-19)15-17-18-16(23)20(15)11-13-7-4-3-5-8-13/h3-5,7-8,14H,2,6,9-12H2,1H3,(H,18,23). The van der Waals surface area contributed by atoms with Gasteiger partial charge in [0.2, 0.25) is 10.0 Å². The molecule has 1 atom stereocenters. The van der Waals surface area contributed by atoms with Gasteiger partial charge in [0, 0.05) is 19.0 Å². The lowest BCUT2D eigenvalue weighted by Crippen LogP contribution is -2.40. The van der Waals surface area contributed by atoms with Gasteiger partial charge in [-0.2, -0.15) is 5.10 Å². The van der Waals surface area contributed by atoms with Crippen LogP contribution in [0.4, 0.5) is 0 Å². The molecule has 3 rings (SSSR count). The van der Waals surface area contributed by atoms with Gasteiger partial charge in [-0.3, -0.25) is 9.67 Å². The zero-order chi connectivity index (χ0) is 17.2. The maximum absolute atomic E-state index is 12.2. The van der Waals surface area contributed by atoms with E-state index in [0.717, 1.165) is 24.2 Å². The first-order chi connectivity index (χ1) is 11.5. The van der Waals surface area contributed by atoms with E-state index >= 15 is 0 Å². The molecule has 6 nitrogen and oxygen atoms in total. The van der Waals surface area contributed by atoms with E-state index in [1.165, 1.54) is 0 Å². The Morgan fingerprint density at radius 1 is 1.33 bits per heavy atom. The number of sulfonamides is 1. The fourth-order valence-electron chi connectivity index (χ4n) is 3.15. The molecule has 0 radical (unpaired) electrons. The number of rotatable bonds is 5. The number of aromatic nitrogens is 3. The summed E-state index contributed by atoms with van der Waals surface area (Å²) in [5.74, 6) is 1.05. The number of nitrogens with zero attached hydrogens (tertiary/aromatic N) is 3. The van der Waals surface area contributed by atoms with Crippen molar-refractivity contribution in [2.75, 3.05) is 18.8 Å². The molecule has 1 aliphatic rings. The topological polar surface area (TPSA) is 71.0 Å². The number of hydrogen-bond donors (Lipinski definition) is 1. The summed E-state index contributed by atoms with van der Waals surface area (Å²) in [6, 6.07) is 10.1. The van der Waals surface area contributed by atoms with Gasteiger partial charge in [0.15, 0.2) is 4.77 Å². The summed E-state index contributed by atoms with van der Waals surface area (Å²) >= 11 is 5.38. The highest BCUT2D eigenvalue weighted by Gasteiger charge is 2.31. The molecule has 2 aromatic rings. The van der Waals surface area contributed by atoms with Gasteiger partial charge in [-0.25, -0.2) is 12.7 Å². The predicted octanol–water partition coefficient (Wildman–Crippen LogP) is 2.52. The third-order valence-electron chi connectivity index (χ3n) is 4.48. The van der Waals surface area contributed by atoms with Gasteiger partial charge in [-0.15, -0.1) is 0 Å². The van der Waals surface area contributed by atoms with Crippen molar-refractivity contribution in [3.63, 3.8) is 0 Å². The Kier molecular flexibility index (Phi) is 5.17. The third-order valence-corrected chi connectivity index (χ3v) is 6.64. The maximum Gasteiger partial charge on any atom is 0.213 e. The molecule has 0 spiro atoms. The molecule has 1 saturated heterocycles. The molecule has 1 aromatic heterocycles. The van der Waals surface area contributed by atoms with Crippen molar-refractivity contribution in [1.29, 1.82) is 0 Å². The van der Waals surface area contributed by atoms with E-state index in [1.54, 1.807) is 11.2 Å². The van der Waals surface area contributed by atoms with Crippen LogP contribution in [-0.2, 0) is 16.6 Å². The molecule has 1 N–H and O–H groups in total. The maximum atomic E-state index is 12.2. The molecule has 24 heavy (non-hydrogen) atoms. The summed E-state index contributed by atoms with van der Waals surface area (Å²) < 4.78 is 28.5. The zero-order valence-corrected chi connectivity index (χ0v) is 15.3. The largest absolute Gasteiger partial charge is 0.299 e. The number of H-pyrrole nitrogens is 1. The van der Waals surface area contributed by atoms with Crippen molar-refractivity contribution >= 4 is 22.2 Å². The highest BCUT2D eigenvalue weighted by molar-refractivity contribution is 7.89. The van der Waals surface area contributed by atoms with Gasteiger partial charge in [0.05, 0.1) is 12.3 Å². The van der Waals surface area contributed by atoms with Crippen LogP contribution >= 0.6 is 12.2 Å². The van der Waals surface area contributed by atoms with Crippen molar-refractivity contribution in [1.82, 2.24) is 19.1 Å². The molecule has 0 saturated carbocycles. The van der Waals surface area contributed by atoms with Gasteiger partial charge >= 0.3 is 0 Å². The zero-order valence-electron chi connectivity index (χ0n) is 13.7. The summed E-state index contributed by atoms with van der Waals surface area (Å²) in [5.41, 5.74) is 1.14. The van der Waals surface area contributed by atoms with Crippen LogP contribution in [0.25, 0.3) is 0 Å². The van der Waals surface area contributed by atoms with E-state index in [2.05, 4.69) is 10.2 Å². The molecule has 1 unspecified atom stereocenters. The summed E-state index contributed by atoms with van der Waals surface area (Å²) in [5, 5.41) is 7.27. The molecule has 1 aliphatic heterocycles. The van der Waals surface area contributed by atoms with Gasteiger partial charge in [0.1, 0.15) is 5.82 Å². The Morgan fingerprint density at radius 3 is 2.79 bits per heavy atom. The Balaban J connectivity index is 1.86. The molecule has 0 aliphatic carbocycles. The smallest absolute Gasteiger partial charge is 0.213 e. The summed E-state index contributed by atoms with van der Waals surface area (Å²) in [6.45, 7) is 3.40. The lowest BCUT2D eigenvalue weighted by molar-refractivity contribution is 0.305. The predicted molar refractivity (Wildman–Crippen MR) is 96.0 cm³/mol. The van der Waals surface area contributed by atoms with Gasteiger partial charge < -0.3 is 0 Å². The number of aromatic amines is 1. The average molecular weight is 367 g/mol. The van der Waals surface area contributed by atoms with E-state index in [1.807, 2.05) is 34.9 Å². The van der Waals surface area contributed by atoms with Crippen LogP contribution < -0.4 is 0 Å². The second-order valence-electron chi connectivity index (χ2n) is 6.06. The normalized spacial score (nSPS) is 19.5. The highest BCUT2D eigenvalue weighted by atomic mass is 32.2. The minimum atomic E-state index is -3.17. The van der Waals surface area contributed by atoms with Crippen LogP contribution in [0.3, 0.4) is 0 Å². The van der Waals surface area contributed by atoms with E-state index in [9.17, 15) is 8.42 Å². The molecular formula is C16H22N4O2S2. The molecule has 8 heteroatoms. The number of hydrogen-bond acceptors (Lipinski definition) is 4. The van der Waals surface area contributed by atoms with E-state index < -0.39 is 10.0 Å². The summed E-state index contributed by atoms with van der Waals surface area (Å²) in [4.78, 5) is 0. The molecular weight excluding hydrogens is 344 g/mol. The number of piperidine rings is 1. The SMILES string of the molecule is CCS(=O)(=O)N1CCCC(c2n[nH]c(=S)n2Cc2ccccc2)C1. The first-order valence-electron chi connectivity index (χ1n) is 8.18. The van der Waals surface area contributed by atoms with Crippen LogP contribution in [-0.4, -0.2) is 46.3 Å². The van der Waals surface area contributed by atoms with Crippen molar-refractivity contribution in [3.05, 3.63) is 46.5 Å². The van der Waals surface area contributed by atoms with Gasteiger partial charge in [0.25, 0.3) is 0 Å². The van der Waals surface area contributed by atoms with Crippen molar-refractivity contribution in [3.8, 4) is 0 Å². The quantitative estimate of drug-likeness (QED) is 0.826. The fourth-order valence-corrected chi connectivity index (χ4v) is 4.53. The minimum absolute atomic E-state index is 0.0664. The Hall–Kier alpha value is -1.51. The van der Waals surface area contributed by atoms with E-state index in [4.69, 9.17) is 12.2 Å². The summed E-state index contributed by atoms with van der Waals surface area (Å²) in [6.07, 6.45) is 1.76. The molecule has 0 bridgehead atoms. The molecule has 0 amide bonds. The van der Waals surface area contributed by atoms with Crippen LogP contribution in [0.2, 0.25) is 0 Å². The first kappa shape index (κ1) is 17.3. The van der Waals surface area contributed by atoms with Crippen LogP contribution in [0.5, 0.6) is 0 Å². The lowest BCUT2D eigenvalue weighted by Gasteiger charge is -2.31. The van der Waals surface area contributed by atoms with Gasteiger partial charge in [-0.05, 0) is 37.5 Å². The number of benzene rings is 1. The first-order valence-corrected chi connectivity index (χ1v) is 10.2. The number of nitrogens with one attached hydrogen (secondary N) is 1. The fraction of sp³-hybridized carbons (Fsp3) is 0.500. The Morgan fingerprint density at radius 2 is 2.08 bits per heavy atom. The molecule has 130 valence electrons. The van der Waals surface area contributed by atoms with E-state index in [0.29, 0.717) is 24.4 Å². The Labute approximate surface area is 147 Å². The lowest BCUT2D eigenvalue weighted by atomic mass is 9.98. The second-order valence-corrected chi connectivity index (χ2v) is 8.70. The third kappa shape index (κ3) is 3.60. The minimum Gasteiger partial charge on any atom is -0.299 e. The molecule has 2 heterocycles. The molecule has 1 fully saturated rings. The second kappa shape index (κ2) is 7.16. The Bertz CT molecular complexity index is 842. The van der Waals surface area contributed by atoms with Crippen LogP contribution in [0, 0.1) is 4.77 Å². The average Bonchev–Trinajstić information content (AvgIpc) is 2.97. The van der Waals surface area contributed by atoms with Crippen molar-refractivity contribution < 1.29 is 8.42 Å². The van der Waals surface area contributed by atoms with E-state index in [-0.39, 0.29) is 11.7 Å². The van der Waals surface area contributed by atoms with Crippen molar-refractivity contribution in [2.24, 2.45) is 0 Å².